The normalized spacial score (nSPS) is 11.8. The summed E-state index contributed by atoms with van der Waals surface area (Å²) in [7, 11) is -0.971. The van der Waals surface area contributed by atoms with Gasteiger partial charge in [-0.05, 0) is 48.5 Å². The molecule has 0 radical (unpaired) electrons. The van der Waals surface area contributed by atoms with Crippen molar-refractivity contribution in [2.75, 3.05) is 24.7 Å². The molecule has 0 spiro atoms. The number of hydrogen-bond donors (Lipinski definition) is 1. The van der Waals surface area contributed by atoms with Crippen molar-refractivity contribution in [2.24, 2.45) is 0 Å². The van der Waals surface area contributed by atoms with Crippen molar-refractivity contribution in [2.45, 2.75) is 0 Å². The average molecular weight is 606 g/mol. The summed E-state index contributed by atoms with van der Waals surface area (Å²) in [6.07, 6.45) is 3.88. The molecule has 3 aromatic carbocycles. The molecule has 6 aromatic rings. The number of carbonyl (C=O) groups excluding carboxylic acids is 1. The molecule has 0 saturated heterocycles. The molecule has 9 nitrogen and oxygen atoms in total. The van der Waals surface area contributed by atoms with Crippen LogP contribution in [0.3, 0.4) is 0 Å². The first-order valence-electron chi connectivity index (χ1n) is 12.8. The quantitative estimate of drug-likeness (QED) is 0.262. The van der Waals surface area contributed by atoms with Crippen LogP contribution >= 0.6 is 0 Å². The average Bonchev–Trinajstić information content (AvgIpc) is 3.56. The molecule has 43 heavy (non-hydrogen) atoms. The number of halogens is 3. The number of nitrogens with one attached hydrogen (secondary N) is 1. The molecule has 0 aliphatic heterocycles. The standard InChI is InChI=1S/C30H22F3N5O4S/c1-34-30(39)28-22-11-21(23-12-26-24(14-35-23)36-15-38(26)20-9-18(32)8-19(33)10-20)25(37(2)43(3,40)41)13-27(22)42-29(28)16-4-6-17(31)7-5-16/h4-15H,1-3H3,(H,34,39). The van der Waals surface area contributed by atoms with Crippen molar-refractivity contribution >= 4 is 43.6 Å². The highest BCUT2D eigenvalue weighted by Gasteiger charge is 2.26. The Morgan fingerprint density at radius 3 is 2.30 bits per heavy atom. The number of fused-ring (bicyclic) bond motifs is 2. The number of imidazole rings is 1. The number of rotatable bonds is 6. The summed E-state index contributed by atoms with van der Waals surface area (Å²) in [6, 6.07) is 13.1. The molecular formula is C30H22F3N5O4S. The lowest BCUT2D eigenvalue weighted by Gasteiger charge is -2.20. The second kappa shape index (κ2) is 10.3. The zero-order chi connectivity index (χ0) is 30.6. The Labute approximate surface area is 243 Å². The lowest BCUT2D eigenvalue weighted by atomic mass is 10.0. The smallest absolute Gasteiger partial charge is 0.255 e. The lowest BCUT2D eigenvalue weighted by Crippen LogP contribution is -2.25. The van der Waals surface area contributed by atoms with Crippen molar-refractivity contribution in [3.8, 4) is 28.3 Å². The zero-order valence-corrected chi connectivity index (χ0v) is 23.7. The van der Waals surface area contributed by atoms with E-state index < -0.39 is 33.4 Å². The number of amides is 1. The maximum atomic E-state index is 14.0. The summed E-state index contributed by atoms with van der Waals surface area (Å²) >= 11 is 0. The number of nitrogens with zero attached hydrogens (tertiary/aromatic N) is 4. The van der Waals surface area contributed by atoms with Gasteiger partial charge in [0.05, 0.1) is 40.6 Å². The van der Waals surface area contributed by atoms with Gasteiger partial charge in [-0.1, -0.05) is 0 Å². The molecule has 1 amide bonds. The molecule has 0 saturated carbocycles. The number of pyridine rings is 1. The van der Waals surface area contributed by atoms with Crippen LogP contribution in [0, 0.1) is 17.5 Å². The predicted octanol–water partition coefficient (Wildman–Crippen LogP) is 5.67. The van der Waals surface area contributed by atoms with Crippen molar-refractivity contribution in [1.82, 2.24) is 19.9 Å². The molecule has 13 heteroatoms. The van der Waals surface area contributed by atoms with Gasteiger partial charge in [-0.2, -0.15) is 0 Å². The minimum absolute atomic E-state index is 0.153. The Kier molecular flexibility index (Phi) is 6.69. The fraction of sp³-hybridized carbons (Fsp3) is 0.100. The fourth-order valence-corrected chi connectivity index (χ4v) is 5.38. The molecule has 0 unspecified atom stereocenters. The number of benzene rings is 3. The van der Waals surface area contributed by atoms with E-state index in [0.29, 0.717) is 27.5 Å². The van der Waals surface area contributed by atoms with Crippen LogP contribution in [-0.2, 0) is 10.0 Å². The van der Waals surface area contributed by atoms with Crippen LogP contribution in [0.15, 0.2) is 77.6 Å². The van der Waals surface area contributed by atoms with Gasteiger partial charge in [-0.15, -0.1) is 0 Å². The second-order valence-electron chi connectivity index (χ2n) is 9.79. The first-order valence-corrected chi connectivity index (χ1v) is 14.6. The van der Waals surface area contributed by atoms with E-state index in [-0.39, 0.29) is 34.0 Å². The lowest BCUT2D eigenvalue weighted by molar-refractivity contribution is 0.0964. The van der Waals surface area contributed by atoms with Gasteiger partial charge in [0.25, 0.3) is 5.91 Å². The Balaban J connectivity index is 1.64. The number of hydrogen-bond acceptors (Lipinski definition) is 6. The Bertz CT molecular complexity index is 2160. The van der Waals surface area contributed by atoms with E-state index >= 15 is 0 Å². The minimum Gasteiger partial charge on any atom is -0.455 e. The number of sulfonamides is 1. The van der Waals surface area contributed by atoms with Crippen molar-refractivity contribution in [3.63, 3.8) is 0 Å². The maximum Gasteiger partial charge on any atom is 0.255 e. The molecular weight excluding hydrogens is 583 g/mol. The van der Waals surface area contributed by atoms with Gasteiger partial charge in [0, 0.05) is 42.7 Å². The maximum absolute atomic E-state index is 14.0. The molecule has 0 bridgehead atoms. The highest BCUT2D eigenvalue weighted by molar-refractivity contribution is 7.92. The number of carbonyl (C=O) groups is 1. The predicted molar refractivity (Wildman–Crippen MR) is 156 cm³/mol. The highest BCUT2D eigenvalue weighted by Crippen LogP contribution is 2.41. The SMILES string of the molecule is CNC(=O)c1c(-c2ccc(F)cc2)oc2cc(N(C)S(C)(=O)=O)c(-c3cc4c(cn3)ncn4-c3cc(F)cc(F)c3)cc12. The topological polar surface area (TPSA) is 110 Å². The largest absolute Gasteiger partial charge is 0.455 e. The number of aromatic nitrogens is 3. The van der Waals surface area contributed by atoms with Crippen LogP contribution in [0.5, 0.6) is 0 Å². The highest BCUT2D eigenvalue weighted by atomic mass is 32.2. The third-order valence-corrected chi connectivity index (χ3v) is 8.23. The molecule has 0 aliphatic rings. The van der Waals surface area contributed by atoms with Crippen molar-refractivity contribution in [3.05, 3.63) is 96.2 Å². The number of anilines is 1. The van der Waals surface area contributed by atoms with Gasteiger partial charge in [0.2, 0.25) is 10.0 Å². The Hall–Kier alpha value is -5.17. The minimum atomic E-state index is -3.79. The molecule has 0 aliphatic carbocycles. The van der Waals surface area contributed by atoms with E-state index in [1.165, 1.54) is 61.5 Å². The van der Waals surface area contributed by atoms with Crippen LogP contribution in [0.25, 0.3) is 50.3 Å². The van der Waals surface area contributed by atoms with Crippen LogP contribution in [0.1, 0.15) is 10.4 Å². The van der Waals surface area contributed by atoms with E-state index in [1.54, 1.807) is 12.1 Å². The van der Waals surface area contributed by atoms with Gasteiger partial charge in [-0.3, -0.25) is 18.7 Å². The Morgan fingerprint density at radius 1 is 0.953 bits per heavy atom. The molecule has 3 aromatic heterocycles. The van der Waals surface area contributed by atoms with Crippen LogP contribution in [0.2, 0.25) is 0 Å². The Morgan fingerprint density at radius 2 is 1.65 bits per heavy atom. The van der Waals surface area contributed by atoms with Crippen molar-refractivity contribution in [1.29, 1.82) is 0 Å². The summed E-state index contributed by atoms with van der Waals surface area (Å²) in [6.45, 7) is 0. The van der Waals surface area contributed by atoms with E-state index in [1.807, 2.05) is 0 Å². The van der Waals surface area contributed by atoms with E-state index in [4.69, 9.17) is 4.42 Å². The zero-order valence-electron chi connectivity index (χ0n) is 22.9. The van der Waals surface area contributed by atoms with Gasteiger partial charge in [0.15, 0.2) is 0 Å². The molecule has 6 rings (SSSR count). The fourth-order valence-electron chi connectivity index (χ4n) is 4.87. The summed E-state index contributed by atoms with van der Waals surface area (Å²) in [5.41, 5.74) is 2.61. The van der Waals surface area contributed by atoms with Crippen LogP contribution in [0.4, 0.5) is 18.9 Å². The van der Waals surface area contributed by atoms with Crippen LogP contribution < -0.4 is 9.62 Å². The first-order chi connectivity index (χ1) is 20.4. The molecule has 0 atom stereocenters. The monoisotopic (exact) mass is 605 g/mol. The van der Waals surface area contributed by atoms with Gasteiger partial charge < -0.3 is 9.73 Å². The van der Waals surface area contributed by atoms with E-state index in [9.17, 15) is 26.4 Å². The third kappa shape index (κ3) is 4.97. The van der Waals surface area contributed by atoms with Gasteiger partial charge in [-0.25, -0.2) is 26.6 Å². The van der Waals surface area contributed by atoms with Gasteiger partial charge >= 0.3 is 0 Å². The molecule has 3 heterocycles. The summed E-state index contributed by atoms with van der Waals surface area (Å²) in [5.74, 6) is -2.33. The second-order valence-corrected chi connectivity index (χ2v) is 11.8. The summed E-state index contributed by atoms with van der Waals surface area (Å²) in [4.78, 5) is 21.9. The van der Waals surface area contributed by atoms with E-state index in [0.717, 1.165) is 28.8 Å². The summed E-state index contributed by atoms with van der Waals surface area (Å²) < 4.78 is 75.7. The molecule has 1 N–H and O–H groups in total. The van der Waals surface area contributed by atoms with E-state index in [2.05, 4.69) is 15.3 Å². The van der Waals surface area contributed by atoms with Crippen molar-refractivity contribution < 1.29 is 30.8 Å². The van der Waals surface area contributed by atoms with Gasteiger partial charge in [0.1, 0.15) is 40.6 Å². The number of furan rings is 1. The summed E-state index contributed by atoms with van der Waals surface area (Å²) in [5, 5.41) is 2.94. The third-order valence-electron chi connectivity index (χ3n) is 7.04. The molecule has 0 fully saturated rings. The first kappa shape index (κ1) is 28.0. The molecule has 218 valence electrons. The van der Waals surface area contributed by atoms with Crippen LogP contribution in [-0.4, -0.2) is 49.2 Å².